The van der Waals surface area contributed by atoms with Gasteiger partial charge in [-0.1, -0.05) is 20.8 Å². The van der Waals surface area contributed by atoms with E-state index in [2.05, 4.69) is 5.32 Å². The van der Waals surface area contributed by atoms with Gasteiger partial charge in [0.05, 0.1) is 0 Å². The maximum Gasteiger partial charge on any atom is 0.321 e. The van der Waals surface area contributed by atoms with Crippen LogP contribution in [0.4, 0.5) is 0 Å². The van der Waals surface area contributed by atoms with Gasteiger partial charge in [0.25, 0.3) is 0 Å². The standard InChI is InChI=1S/C8H17NO2/c1-5-8(2,3)6(9-4)7(10)11/h6,9H,5H2,1-4H3,(H,10,11). The first-order chi connectivity index (χ1) is 4.95. The predicted octanol–water partition coefficient (Wildman–Crippen LogP) is 1.10. The fourth-order valence-electron chi connectivity index (χ4n) is 1.05. The molecule has 0 aromatic heterocycles. The minimum absolute atomic E-state index is 0.180. The van der Waals surface area contributed by atoms with E-state index in [1.54, 1.807) is 7.05 Å². The minimum atomic E-state index is -0.778. The van der Waals surface area contributed by atoms with Crippen LogP contribution in [-0.2, 0) is 4.79 Å². The number of rotatable bonds is 4. The Hall–Kier alpha value is -0.570. The molecule has 0 aliphatic carbocycles. The number of nitrogens with one attached hydrogen (secondary N) is 1. The lowest BCUT2D eigenvalue weighted by molar-refractivity contribution is -0.142. The quantitative estimate of drug-likeness (QED) is 0.645. The van der Waals surface area contributed by atoms with E-state index in [1.807, 2.05) is 20.8 Å². The molecule has 66 valence electrons. The highest BCUT2D eigenvalue weighted by atomic mass is 16.4. The van der Waals surface area contributed by atoms with Crippen LogP contribution in [0.2, 0.25) is 0 Å². The van der Waals surface area contributed by atoms with Gasteiger partial charge in [-0.3, -0.25) is 4.79 Å². The summed E-state index contributed by atoms with van der Waals surface area (Å²) in [5.41, 5.74) is -0.180. The van der Waals surface area contributed by atoms with E-state index in [4.69, 9.17) is 5.11 Å². The SMILES string of the molecule is CCC(C)(C)C(NC)C(=O)O. The first kappa shape index (κ1) is 10.4. The van der Waals surface area contributed by atoms with Crippen molar-refractivity contribution in [3.8, 4) is 0 Å². The molecule has 1 unspecified atom stereocenters. The van der Waals surface area contributed by atoms with Crippen LogP contribution >= 0.6 is 0 Å². The van der Waals surface area contributed by atoms with Crippen LogP contribution in [0.25, 0.3) is 0 Å². The molecule has 0 rings (SSSR count). The summed E-state index contributed by atoms with van der Waals surface area (Å²) in [5.74, 6) is -0.778. The van der Waals surface area contributed by atoms with E-state index in [-0.39, 0.29) is 5.41 Å². The molecule has 3 nitrogen and oxygen atoms in total. The predicted molar refractivity (Wildman–Crippen MR) is 44.6 cm³/mol. The van der Waals surface area contributed by atoms with Crippen LogP contribution in [0.3, 0.4) is 0 Å². The summed E-state index contributed by atoms with van der Waals surface area (Å²) in [5, 5.41) is 11.6. The van der Waals surface area contributed by atoms with Gasteiger partial charge in [-0.25, -0.2) is 0 Å². The van der Waals surface area contributed by atoms with Gasteiger partial charge in [0.2, 0.25) is 0 Å². The van der Waals surface area contributed by atoms with Crippen LogP contribution in [0.15, 0.2) is 0 Å². The fourth-order valence-corrected chi connectivity index (χ4v) is 1.05. The summed E-state index contributed by atoms with van der Waals surface area (Å²) in [7, 11) is 1.68. The van der Waals surface area contributed by atoms with Crippen molar-refractivity contribution in [2.24, 2.45) is 5.41 Å². The van der Waals surface area contributed by atoms with Gasteiger partial charge in [-0.15, -0.1) is 0 Å². The molecule has 0 saturated carbocycles. The lowest BCUT2D eigenvalue weighted by Gasteiger charge is -2.29. The van der Waals surface area contributed by atoms with E-state index < -0.39 is 12.0 Å². The van der Waals surface area contributed by atoms with Crippen molar-refractivity contribution in [3.63, 3.8) is 0 Å². The number of hydrogen-bond donors (Lipinski definition) is 2. The van der Waals surface area contributed by atoms with Crippen molar-refractivity contribution in [1.82, 2.24) is 5.32 Å². The van der Waals surface area contributed by atoms with Gasteiger partial charge in [0.1, 0.15) is 6.04 Å². The first-order valence-electron chi connectivity index (χ1n) is 3.85. The molecule has 0 aliphatic heterocycles. The Bertz CT molecular complexity index is 143. The Morgan fingerprint density at radius 3 is 2.18 bits per heavy atom. The number of carboxylic acids is 1. The number of carboxylic acid groups (broad SMARTS) is 1. The summed E-state index contributed by atoms with van der Waals surface area (Å²) in [4.78, 5) is 10.7. The lowest BCUT2D eigenvalue weighted by Crippen LogP contribution is -2.45. The summed E-state index contributed by atoms with van der Waals surface area (Å²) < 4.78 is 0. The van der Waals surface area contributed by atoms with Crippen molar-refractivity contribution >= 4 is 5.97 Å². The van der Waals surface area contributed by atoms with E-state index in [1.165, 1.54) is 0 Å². The third kappa shape index (κ3) is 2.50. The Morgan fingerprint density at radius 2 is 2.09 bits per heavy atom. The Kier molecular flexibility index (Phi) is 3.52. The lowest BCUT2D eigenvalue weighted by atomic mass is 9.82. The molecule has 0 aromatic carbocycles. The zero-order valence-electron chi connectivity index (χ0n) is 7.64. The van der Waals surface area contributed by atoms with Gasteiger partial charge in [0.15, 0.2) is 0 Å². The van der Waals surface area contributed by atoms with Gasteiger partial charge in [0, 0.05) is 0 Å². The maximum absolute atomic E-state index is 10.7. The molecule has 0 saturated heterocycles. The second-order valence-corrected chi connectivity index (χ2v) is 3.40. The Balaban J connectivity index is 4.36. The summed E-state index contributed by atoms with van der Waals surface area (Å²) >= 11 is 0. The summed E-state index contributed by atoms with van der Waals surface area (Å²) in [6, 6.07) is -0.451. The largest absolute Gasteiger partial charge is 0.480 e. The molecule has 1 atom stereocenters. The van der Waals surface area contributed by atoms with Crippen molar-refractivity contribution in [1.29, 1.82) is 0 Å². The van der Waals surface area contributed by atoms with E-state index in [0.717, 1.165) is 6.42 Å². The molecule has 0 aliphatic rings. The molecule has 0 heterocycles. The maximum atomic E-state index is 10.7. The highest BCUT2D eigenvalue weighted by molar-refractivity contribution is 5.74. The van der Waals surface area contributed by atoms with E-state index in [0.29, 0.717) is 0 Å². The second kappa shape index (κ2) is 3.72. The number of aliphatic carboxylic acids is 1. The molecule has 0 aromatic rings. The third-order valence-electron chi connectivity index (χ3n) is 2.23. The second-order valence-electron chi connectivity index (χ2n) is 3.40. The van der Waals surface area contributed by atoms with E-state index in [9.17, 15) is 4.79 Å². The molecule has 0 bridgehead atoms. The zero-order valence-corrected chi connectivity index (χ0v) is 7.64. The molecular weight excluding hydrogens is 142 g/mol. The molecule has 0 radical (unpaired) electrons. The molecule has 0 amide bonds. The number of hydrogen-bond acceptors (Lipinski definition) is 2. The molecular formula is C8H17NO2. The third-order valence-corrected chi connectivity index (χ3v) is 2.23. The van der Waals surface area contributed by atoms with Gasteiger partial charge >= 0.3 is 5.97 Å². The minimum Gasteiger partial charge on any atom is -0.480 e. The Labute approximate surface area is 67.8 Å². The smallest absolute Gasteiger partial charge is 0.321 e. The van der Waals surface area contributed by atoms with Crippen LogP contribution < -0.4 is 5.32 Å². The normalized spacial score (nSPS) is 14.5. The van der Waals surface area contributed by atoms with E-state index >= 15 is 0 Å². The van der Waals surface area contributed by atoms with Crippen LogP contribution in [0.5, 0.6) is 0 Å². The van der Waals surface area contributed by atoms with Crippen molar-refractivity contribution in [3.05, 3.63) is 0 Å². The Morgan fingerprint density at radius 1 is 1.64 bits per heavy atom. The van der Waals surface area contributed by atoms with Crippen molar-refractivity contribution in [2.45, 2.75) is 33.2 Å². The van der Waals surface area contributed by atoms with Gasteiger partial charge in [-0.05, 0) is 18.9 Å². The highest BCUT2D eigenvalue weighted by Crippen LogP contribution is 2.24. The van der Waals surface area contributed by atoms with Crippen molar-refractivity contribution < 1.29 is 9.90 Å². The van der Waals surface area contributed by atoms with Crippen LogP contribution in [0, 0.1) is 5.41 Å². The average molecular weight is 159 g/mol. The highest BCUT2D eigenvalue weighted by Gasteiger charge is 2.31. The molecule has 0 spiro atoms. The summed E-state index contributed by atoms with van der Waals surface area (Å²) in [6.07, 6.45) is 0.852. The monoisotopic (exact) mass is 159 g/mol. The molecule has 0 fully saturated rings. The van der Waals surface area contributed by atoms with Crippen molar-refractivity contribution in [2.75, 3.05) is 7.05 Å². The van der Waals surface area contributed by atoms with Crippen LogP contribution in [-0.4, -0.2) is 24.2 Å². The number of likely N-dealkylation sites (N-methyl/N-ethyl adjacent to an activating group) is 1. The topological polar surface area (TPSA) is 49.3 Å². The molecule has 2 N–H and O–H groups in total. The zero-order chi connectivity index (χ0) is 9.07. The summed E-state index contributed by atoms with van der Waals surface area (Å²) in [6.45, 7) is 5.89. The molecule has 3 heteroatoms. The molecule has 11 heavy (non-hydrogen) atoms. The fraction of sp³-hybridized carbons (Fsp3) is 0.875. The van der Waals surface area contributed by atoms with Crippen LogP contribution in [0.1, 0.15) is 27.2 Å². The van der Waals surface area contributed by atoms with Gasteiger partial charge < -0.3 is 10.4 Å². The van der Waals surface area contributed by atoms with Gasteiger partial charge in [-0.2, -0.15) is 0 Å². The number of carbonyl (C=O) groups is 1. The average Bonchev–Trinajstić information content (AvgIpc) is 1.88. The first-order valence-corrected chi connectivity index (χ1v) is 3.85.